The maximum Gasteiger partial charge on any atom is 0.408 e. The first kappa shape index (κ1) is 18.4. The fraction of sp³-hybridized carbons (Fsp3) is 0.429. The summed E-state index contributed by atoms with van der Waals surface area (Å²) in [5.41, 5.74) is 5.38. The van der Waals surface area contributed by atoms with E-state index in [1.165, 1.54) is 18.2 Å². The first-order valence-corrected chi connectivity index (χ1v) is 7.04. The van der Waals surface area contributed by atoms with Crippen LogP contribution in [-0.4, -0.2) is 34.7 Å². The summed E-state index contributed by atoms with van der Waals surface area (Å²) in [7, 11) is 0. The van der Waals surface area contributed by atoms with Gasteiger partial charge in [0.15, 0.2) is 0 Å². The van der Waals surface area contributed by atoms with Crippen LogP contribution in [0.25, 0.3) is 0 Å². The number of para-hydroxylation sites is 1. The van der Waals surface area contributed by atoms with Crippen LogP contribution >= 0.6 is 0 Å². The minimum Gasteiger partial charge on any atom is -0.480 e. The second-order valence-electron chi connectivity index (χ2n) is 4.78. The van der Waals surface area contributed by atoms with Crippen molar-refractivity contribution in [2.75, 3.05) is 6.54 Å². The van der Waals surface area contributed by atoms with Crippen LogP contribution in [0.1, 0.15) is 24.8 Å². The van der Waals surface area contributed by atoms with Gasteiger partial charge in [0.2, 0.25) is 0 Å². The van der Waals surface area contributed by atoms with Crippen LogP contribution in [0.15, 0.2) is 24.3 Å². The highest BCUT2D eigenvalue weighted by Gasteiger charge is 2.21. The Bertz CT molecular complexity index is 563. The van der Waals surface area contributed by atoms with Crippen molar-refractivity contribution < 1.29 is 24.4 Å². The molecule has 1 rings (SSSR count). The summed E-state index contributed by atoms with van der Waals surface area (Å²) in [5, 5.41) is 22.1. The van der Waals surface area contributed by atoms with Gasteiger partial charge in [0.05, 0.1) is 10.5 Å². The Morgan fingerprint density at radius 3 is 2.65 bits per heavy atom. The quantitative estimate of drug-likeness (QED) is 0.353. The van der Waals surface area contributed by atoms with E-state index >= 15 is 0 Å². The number of nitrogens with one attached hydrogen (secondary N) is 1. The normalized spacial score (nSPS) is 11.5. The van der Waals surface area contributed by atoms with Gasteiger partial charge in [-0.1, -0.05) is 12.1 Å². The molecular weight excluding hydrogens is 306 g/mol. The van der Waals surface area contributed by atoms with Gasteiger partial charge >= 0.3 is 12.1 Å². The lowest BCUT2D eigenvalue weighted by atomic mass is 10.1. The lowest BCUT2D eigenvalue weighted by Gasteiger charge is -2.14. The van der Waals surface area contributed by atoms with Gasteiger partial charge in [-0.3, -0.25) is 10.1 Å². The van der Waals surface area contributed by atoms with E-state index in [-0.39, 0.29) is 24.3 Å². The number of benzene rings is 1. The van der Waals surface area contributed by atoms with E-state index in [0.29, 0.717) is 19.4 Å². The number of hydrogen-bond donors (Lipinski definition) is 3. The third-order valence-electron chi connectivity index (χ3n) is 3.08. The number of amides is 1. The van der Waals surface area contributed by atoms with E-state index in [0.717, 1.165) is 0 Å². The van der Waals surface area contributed by atoms with E-state index in [9.17, 15) is 19.7 Å². The monoisotopic (exact) mass is 325 g/mol. The van der Waals surface area contributed by atoms with Crippen LogP contribution in [0.2, 0.25) is 0 Å². The van der Waals surface area contributed by atoms with Gasteiger partial charge in [-0.05, 0) is 31.9 Å². The molecule has 23 heavy (non-hydrogen) atoms. The van der Waals surface area contributed by atoms with Crippen LogP contribution in [0, 0.1) is 10.1 Å². The molecule has 1 amide bonds. The third kappa shape index (κ3) is 6.30. The zero-order valence-corrected chi connectivity index (χ0v) is 12.4. The van der Waals surface area contributed by atoms with Crippen LogP contribution < -0.4 is 11.1 Å². The average Bonchev–Trinajstić information content (AvgIpc) is 2.52. The number of carboxylic acids is 1. The molecule has 0 radical (unpaired) electrons. The summed E-state index contributed by atoms with van der Waals surface area (Å²) in [6.45, 7) is 0.118. The Morgan fingerprint density at radius 1 is 1.35 bits per heavy atom. The van der Waals surface area contributed by atoms with Gasteiger partial charge < -0.3 is 20.9 Å². The number of alkyl carbamates (subject to hydrolysis) is 1. The molecule has 126 valence electrons. The van der Waals surface area contributed by atoms with Gasteiger partial charge in [-0.15, -0.1) is 0 Å². The van der Waals surface area contributed by atoms with E-state index in [1.54, 1.807) is 6.07 Å². The van der Waals surface area contributed by atoms with Crippen LogP contribution in [-0.2, 0) is 16.1 Å². The Hall–Kier alpha value is -2.68. The number of unbranched alkanes of at least 4 members (excludes halogenated alkanes) is 1. The molecule has 9 heteroatoms. The van der Waals surface area contributed by atoms with Crippen LogP contribution in [0.5, 0.6) is 0 Å². The summed E-state index contributed by atoms with van der Waals surface area (Å²) in [5.74, 6) is -1.18. The number of nitrogens with zero attached hydrogens (tertiary/aromatic N) is 1. The van der Waals surface area contributed by atoms with E-state index in [2.05, 4.69) is 5.32 Å². The predicted octanol–water partition coefficient (Wildman–Crippen LogP) is 1.40. The minimum atomic E-state index is -1.18. The molecule has 4 N–H and O–H groups in total. The fourth-order valence-corrected chi connectivity index (χ4v) is 1.89. The topological polar surface area (TPSA) is 145 Å². The largest absolute Gasteiger partial charge is 0.480 e. The summed E-state index contributed by atoms with van der Waals surface area (Å²) in [4.78, 5) is 33.0. The molecule has 9 nitrogen and oxygen atoms in total. The second kappa shape index (κ2) is 9.36. The van der Waals surface area contributed by atoms with Crippen molar-refractivity contribution in [3.63, 3.8) is 0 Å². The second-order valence-corrected chi connectivity index (χ2v) is 4.78. The molecule has 0 saturated carbocycles. The number of nitrogens with two attached hydrogens (primary N) is 1. The summed E-state index contributed by atoms with van der Waals surface area (Å²) < 4.78 is 4.86. The number of nitro groups is 1. The number of aliphatic carboxylic acids is 1. The molecule has 0 heterocycles. The highest BCUT2D eigenvalue weighted by atomic mass is 16.6. The number of nitro benzene ring substituents is 1. The standard InChI is InChI=1S/C14H19N3O6/c15-8-4-3-6-11(13(18)19)16-14(20)23-9-10-5-1-2-7-12(10)17(21)22/h1-2,5,7,11H,3-4,6,8-9,15H2,(H,16,20)(H,18,19)/t11-/m0/s1. The fourth-order valence-electron chi connectivity index (χ4n) is 1.89. The molecule has 0 saturated heterocycles. The van der Waals surface area contributed by atoms with Gasteiger partial charge in [0, 0.05) is 6.07 Å². The Labute approximate surface area is 132 Å². The van der Waals surface area contributed by atoms with Crippen molar-refractivity contribution in [2.24, 2.45) is 5.73 Å². The maximum absolute atomic E-state index is 11.7. The van der Waals surface area contributed by atoms with Crippen molar-refractivity contribution in [3.05, 3.63) is 39.9 Å². The number of ether oxygens (including phenoxy) is 1. The molecule has 0 bridgehead atoms. The van der Waals surface area contributed by atoms with E-state index < -0.39 is 23.0 Å². The van der Waals surface area contributed by atoms with Gasteiger partial charge in [-0.25, -0.2) is 9.59 Å². The number of carbonyl (C=O) groups excluding carboxylic acids is 1. The molecule has 1 aromatic rings. The highest BCUT2D eigenvalue weighted by Crippen LogP contribution is 2.18. The molecule has 0 unspecified atom stereocenters. The SMILES string of the molecule is NCCCC[C@H](NC(=O)OCc1ccccc1[N+](=O)[O-])C(=O)O. The molecule has 0 fully saturated rings. The van der Waals surface area contributed by atoms with Crippen molar-refractivity contribution in [2.45, 2.75) is 31.9 Å². The smallest absolute Gasteiger partial charge is 0.408 e. The molecule has 0 aliphatic rings. The van der Waals surface area contributed by atoms with Crippen molar-refractivity contribution >= 4 is 17.7 Å². The maximum atomic E-state index is 11.7. The molecule has 0 spiro atoms. The van der Waals surface area contributed by atoms with E-state index in [1.807, 2.05) is 0 Å². The number of hydrogen-bond acceptors (Lipinski definition) is 6. The predicted molar refractivity (Wildman–Crippen MR) is 80.7 cm³/mol. The summed E-state index contributed by atoms with van der Waals surface area (Å²) in [6.07, 6.45) is 0.491. The Kier molecular flexibility index (Phi) is 7.48. The van der Waals surface area contributed by atoms with Crippen LogP contribution in [0.3, 0.4) is 0 Å². The first-order valence-electron chi connectivity index (χ1n) is 7.04. The minimum absolute atomic E-state index is 0.168. The summed E-state index contributed by atoms with van der Waals surface area (Å²) in [6, 6.07) is 4.75. The lowest BCUT2D eigenvalue weighted by molar-refractivity contribution is -0.385. The van der Waals surface area contributed by atoms with Gasteiger partial charge in [0.25, 0.3) is 5.69 Å². The molecule has 1 aromatic carbocycles. The average molecular weight is 325 g/mol. The highest BCUT2D eigenvalue weighted by molar-refractivity contribution is 5.79. The molecule has 1 atom stereocenters. The van der Waals surface area contributed by atoms with Crippen LogP contribution in [0.4, 0.5) is 10.5 Å². The zero-order chi connectivity index (χ0) is 17.2. The molecular formula is C14H19N3O6. The van der Waals surface area contributed by atoms with Crippen molar-refractivity contribution in [1.82, 2.24) is 5.32 Å². The van der Waals surface area contributed by atoms with Crippen molar-refractivity contribution in [3.8, 4) is 0 Å². The third-order valence-corrected chi connectivity index (χ3v) is 3.08. The zero-order valence-electron chi connectivity index (χ0n) is 12.4. The van der Waals surface area contributed by atoms with E-state index in [4.69, 9.17) is 15.6 Å². The Morgan fingerprint density at radius 2 is 2.04 bits per heavy atom. The number of rotatable bonds is 9. The van der Waals surface area contributed by atoms with Gasteiger partial charge in [-0.2, -0.15) is 0 Å². The molecule has 0 aromatic heterocycles. The lowest BCUT2D eigenvalue weighted by Crippen LogP contribution is -2.41. The number of carboxylic acid groups (broad SMARTS) is 1. The molecule has 0 aliphatic carbocycles. The Balaban J connectivity index is 2.55. The summed E-state index contributed by atoms with van der Waals surface area (Å²) >= 11 is 0. The van der Waals surface area contributed by atoms with Crippen molar-refractivity contribution in [1.29, 1.82) is 0 Å². The first-order chi connectivity index (χ1) is 11.0. The van der Waals surface area contributed by atoms with Gasteiger partial charge in [0.1, 0.15) is 12.6 Å². The number of carbonyl (C=O) groups is 2. The molecule has 0 aliphatic heterocycles.